The summed E-state index contributed by atoms with van der Waals surface area (Å²) in [6, 6.07) is 8.74. The van der Waals surface area contributed by atoms with Gasteiger partial charge >= 0.3 is 0 Å². The number of benzene rings is 1. The number of aromatic nitrogens is 1. The van der Waals surface area contributed by atoms with E-state index in [1.54, 1.807) is 31.2 Å². The number of carbonyl (C=O) groups is 1. The van der Waals surface area contributed by atoms with Gasteiger partial charge in [-0.05, 0) is 24.6 Å². The molecule has 6 nitrogen and oxygen atoms in total. The van der Waals surface area contributed by atoms with E-state index in [9.17, 15) is 4.79 Å². The smallest absolute Gasteiger partial charge is 0.291 e. The Morgan fingerprint density at radius 1 is 1.25 bits per heavy atom. The average Bonchev–Trinajstić information content (AvgIpc) is 2.60. The lowest BCUT2D eigenvalue weighted by Gasteiger charge is -2.08. The summed E-state index contributed by atoms with van der Waals surface area (Å²) in [6.07, 6.45) is 0. The van der Waals surface area contributed by atoms with Crippen molar-refractivity contribution in [3.05, 3.63) is 56.3 Å². The van der Waals surface area contributed by atoms with E-state index in [-0.39, 0.29) is 26.6 Å². The van der Waals surface area contributed by atoms with E-state index >= 15 is 0 Å². The van der Waals surface area contributed by atoms with Gasteiger partial charge in [0, 0.05) is 0 Å². The molecular weight excluding hydrogens is 373 g/mol. The second-order valence-electron chi connectivity index (χ2n) is 4.62. The number of nitrogens with zero attached hydrogens (tertiary/aromatic N) is 3. The van der Waals surface area contributed by atoms with Gasteiger partial charge < -0.3 is 5.73 Å². The molecule has 2 rings (SSSR count). The van der Waals surface area contributed by atoms with Gasteiger partial charge in [0.1, 0.15) is 5.02 Å². The van der Waals surface area contributed by atoms with Crippen molar-refractivity contribution in [2.24, 2.45) is 5.10 Å². The first-order chi connectivity index (χ1) is 11.3. The Kier molecular flexibility index (Phi) is 5.62. The van der Waals surface area contributed by atoms with Crippen LogP contribution < -0.4 is 11.2 Å². The Morgan fingerprint density at radius 2 is 1.88 bits per heavy atom. The molecule has 24 heavy (non-hydrogen) atoms. The van der Waals surface area contributed by atoms with E-state index in [2.05, 4.69) is 15.5 Å². The van der Waals surface area contributed by atoms with Crippen molar-refractivity contribution in [3.63, 3.8) is 0 Å². The van der Waals surface area contributed by atoms with Gasteiger partial charge in [-0.2, -0.15) is 10.4 Å². The van der Waals surface area contributed by atoms with Crippen molar-refractivity contribution in [1.82, 2.24) is 10.4 Å². The Morgan fingerprint density at radius 3 is 2.46 bits per heavy atom. The molecule has 9 heteroatoms. The molecular formula is C15H10Cl3N5O. The summed E-state index contributed by atoms with van der Waals surface area (Å²) in [4.78, 5) is 16.0. The van der Waals surface area contributed by atoms with Gasteiger partial charge in [-0.25, -0.2) is 10.4 Å². The molecule has 0 atom stereocenters. The number of hydrogen-bond acceptors (Lipinski definition) is 5. The summed E-state index contributed by atoms with van der Waals surface area (Å²) in [6.45, 7) is 1.69. The number of pyridine rings is 1. The zero-order valence-electron chi connectivity index (χ0n) is 12.3. The van der Waals surface area contributed by atoms with E-state index in [0.717, 1.165) is 5.56 Å². The zero-order chi connectivity index (χ0) is 17.9. The highest BCUT2D eigenvalue weighted by atomic mass is 35.5. The van der Waals surface area contributed by atoms with Crippen LogP contribution in [0.3, 0.4) is 0 Å². The van der Waals surface area contributed by atoms with Crippen LogP contribution in [0.1, 0.15) is 28.5 Å². The Balaban J connectivity index is 2.22. The Bertz CT molecular complexity index is 872. The molecule has 0 aliphatic heterocycles. The molecule has 1 amide bonds. The van der Waals surface area contributed by atoms with Crippen LogP contribution in [0.2, 0.25) is 15.2 Å². The van der Waals surface area contributed by atoms with Gasteiger partial charge in [-0.3, -0.25) is 4.79 Å². The summed E-state index contributed by atoms with van der Waals surface area (Å²) in [5.41, 5.74) is 9.56. The number of carbonyl (C=O) groups excluding carboxylic acids is 1. The molecule has 0 fully saturated rings. The van der Waals surface area contributed by atoms with E-state index in [1.807, 2.05) is 6.07 Å². The molecule has 0 unspecified atom stereocenters. The minimum Gasteiger partial charge on any atom is -0.396 e. The van der Waals surface area contributed by atoms with E-state index in [4.69, 9.17) is 45.8 Å². The minimum absolute atomic E-state index is 0.0181. The Hall–Kier alpha value is -2.33. The number of rotatable bonds is 3. The van der Waals surface area contributed by atoms with Gasteiger partial charge in [0.25, 0.3) is 5.91 Å². The van der Waals surface area contributed by atoms with E-state index < -0.39 is 5.91 Å². The molecule has 1 aromatic carbocycles. The topological polar surface area (TPSA) is 104 Å². The summed E-state index contributed by atoms with van der Waals surface area (Å²) >= 11 is 17.6. The third kappa shape index (κ3) is 3.77. The van der Waals surface area contributed by atoms with Crippen LogP contribution >= 0.6 is 34.8 Å². The van der Waals surface area contributed by atoms with Gasteiger partial charge in [-0.1, -0.05) is 46.9 Å². The molecule has 1 aromatic heterocycles. The van der Waals surface area contributed by atoms with Crippen LogP contribution in [0, 0.1) is 11.3 Å². The number of nitriles is 1. The highest BCUT2D eigenvalue weighted by molar-refractivity contribution is 6.46. The quantitative estimate of drug-likeness (QED) is 0.480. The van der Waals surface area contributed by atoms with Crippen LogP contribution in [0.15, 0.2) is 29.4 Å². The van der Waals surface area contributed by atoms with Crippen molar-refractivity contribution >= 4 is 52.1 Å². The molecule has 0 saturated carbocycles. The number of hydrogen-bond donors (Lipinski definition) is 2. The molecule has 2 aromatic rings. The van der Waals surface area contributed by atoms with Crippen LogP contribution in [-0.4, -0.2) is 16.6 Å². The fraction of sp³-hybridized carbons (Fsp3) is 0.0667. The number of nitrogens with two attached hydrogens (primary N) is 1. The first kappa shape index (κ1) is 18.0. The lowest BCUT2D eigenvalue weighted by Crippen LogP contribution is -2.21. The molecule has 0 saturated heterocycles. The molecule has 1 heterocycles. The van der Waals surface area contributed by atoms with Crippen molar-refractivity contribution in [2.45, 2.75) is 6.92 Å². The maximum Gasteiger partial charge on any atom is 0.291 e. The molecule has 122 valence electrons. The number of nitrogen functional groups attached to an aromatic ring is 1. The fourth-order valence-corrected chi connectivity index (χ4v) is 2.31. The predicted molar refractivity (Wildman–Crippen MR) is 94.5 cm³/mol. The van der Waals surface area contributed by atoms with Crippen LogP contribution in [-0.2, 0) is 0 Å². The average molecular weight is 383 g/mol. The predicted octanol–water partition coefficient (Wildman–Crippen LogP) is 3.65. The normalized spacial score (nSPS) is 11.0. The molecule has 0 aliphatic rings. The Labute approximate surface area is 152 Å². The zero-order valence-corrected chi connectivity index (χ0v) is 14.5. The highest BCUT2D eigenvalue weighted by Crippen LogP contribution is 2.34. The van der Waals surface area contributed by atoms with Crippen molar-refractivity contribution < 1.29 is 4.79 Å². The first-order valence-corrected chi connectivity index (χ1v) is 7.63. The summed E-state index contributed by atoms with van der Waals surface area (Å²) in [5.74, 6) is -0.682. The van der Waals surface area contributed by atoms with Gasteiger partial charge in [0.2, 0.25) is 0 Å². The number of hydrazone groups is 1. The van der Waals surface area contributed by atoms with Crippen LogP contribution in [0.25, 0.3) is 0 Å². The lowest BCUT2D eigenvalue weighted by molar-refractivity contribution is 0.0950. The van der Waals surface area contributed by atoms with Crippen LogP contribution in [0.5, 0.6) is 0 Å². The largest absolute Gasteiger partial charge is 0.396 e. The van der Waals surface area contributed by atoms with Crippen molar-refractivity contribution in [1.29, 1.82) is 5.26 Å². The third-order valence-electron chi connectivity index (χ3n) is 3.04. The maximum atomic E-state index is 12.2. The number of halogens is 3. The number of amides is 1. The van der Waals surface area contributed by atoms with E-state index in [1.165, 1.54) is 0 Å². The monoisotopic (exact) mass is 381 g/mol. The van der Waals surface area contributed by atoms with E-state index in [0.29, 0.717) is 11.3 Å². The second kappa shape index (κ2) is 7.49. The number of anilines is 1. The first-order valence-electron chi connectivity index (χ1n) is 6.50. The van der Waals surface area contributed by atoms with Crippen LogP contribution in [0.4, 0.5) is 5.69 Å². The standard InChI is InChI=1S/C15H10Cl3N5O/c1-7(9-4-2-8(6-19)3-5-9)22-23-15(24)13-10(16)12(20)11(17)14(18)21-13/h2-5H,1H3,(H2,20,21)(H,23,24)/b22-7-. The van der Waals surface area contributed by atoms with Gasteiger partial charge in [0.15, 0.2) is 10.8 Å². The third-order valence-corrected chi connectivity index (χ3v) is 4.18. The number of nitrogens with one attached hydrogen (secondary N) is 1. The van der Waals surface area contributed by atoms with Gasteiger partial charge in [0.05, 0.1) is 28.1 Å². The lowest BCUT2D eigenvalue weighted by atomic mass is 10.1. The summed E-state index contributed by atoms with van der Waals surface area (Å²) < 4.78 is 0. The van der Waals surface area contributed by atoms with Crippen molar-refractivity contribution in [2.75, 3.05) is 5.73 Å². The summed E-state index contributed by atoms with van der Waals surface area (Å²) in [7, 11) is 0. The van der Waals surface area contributed by atoms with Gasteiger partial charge in [-0.15, -0.1) is 0 Å². The SMILES string of the molecule is C/C(=N/NC(=O)c1nc(Cl)c(Cl)c(N)c1Cl)c1ccc(C#N)cc1. The second-order valence-corrected chi connectivity index (χ2v) is 5.73. The highest BCUT2D eigenvalue weighted by Gasteiger charge is 2.19. The molecule has 0 aliphatic carbocycles. The maximum absolute atomic E-state index is 12.2. The molecule has 0 spiro atoms. The molecule has 0 radical (unpaired) electrons. The fourth-order valence-electron chi connectivity index (χ4n) is 1.72. The minimum atomic E-state index is -0.682. The molecule has 3 N–H and O–H groups in total. The summed E-state index contributed by atoms with van der Waals surface area (Å²) in [5, 5.41) is 12.5. The molecule has 0 bridgehead atoms. The van der Waals surface area contributed by atoms with Crippen molar-refractivity contribution in [3.8, 4) is 6.07 Å².